The number of benzene rings is 4. The molecule has 44 heavy (non-hydrogen) atoms. The highest BCUT2D eigenvalue weighted by atomic mass is 32.2. The van der Waals surface area contributed by atoms with Crippen LogP contribution >= 0.6 is 0 Å². The van der Waals surface area contributed by atoms with Crippen LogP contribution < -0.4 is 9.80 Å². The van der Waals surface area contributed by atoms with Crippen LogP contribution in [0.15, 0.2) is 129 Å². The fraction of sp³-hybridized carbons (Fsp3) is 0.0588. The van der Waals surface area contributed by atoms with Gasteiger partial charge in [-0.1, -0.05) is 72.8 Å². The molecule has 0 saturated carbocycles. The maximum atomic E-state index is 13.9. The molecule has 2 atom stereocenters. The molecule has 4 aromatic carbocycles. The van der Waals surface area contributed by atoms with Crippen molar-refractivity contribution in [3.8, 4) is 0 Å². The van der Waals surface area contributed by atoms with Gasteiger partial charge >= 0.3 is 0 Å². The number of fused-ring (bicyclic) bond motifs is 6. The zero-order chi connectivity index (χ0) is 29.4. The molecule has 0 N–H and O–H groups in total. The Labute approximate surface area is 258 Å². The molecule has 9 rings (SSSR count). The van der Waals surface area contributed by atoms with Crippen molar-refractivity contribution in [2.75, 3.05) is 9.80 Å². The maximum absolute atomic E-state index is 13.9. The molecule has 6 aromatic rings. The van der Waals surface area contributed by atoms with Crippen LogP contribution in [0.1, 0.15) is 22.5 Å². The van der Waals surface area contributed by atoms with Gasteiger partial charge in [0.15, 0.2) is 33.3 Å². The van der Waals surface area contributed by atoms with E-state index in [1.165, 1.54) is 0 Å². The quantitative estimate of drug-likeness (QED) is 0.215. The Kier molecular flexibility index (Phi) is 5.63. The molecule has 10 heteroatoms. The van der Waals surface area contributed by atoms with Gasteiger partial charge in [-0.05, 0) is 47.5 Å². The van der Waals surface area contributed by atoms with E-state index in [1.54, 1.807) is 0 Å². The molecule has 0 saturated heterocycles. The lowest BCUT2D eigenvalue weighted by Crippen LogP contribution is -2.31. The molecule has 2 aromatic heterocycles. The molecule has 8 nitrogen and oxygen atoms in total. The van der Waals surface area contributed by atoms with E-state index >= 15 is 0 Å². The van der Waals surface area contributed by atoms with Gasteiger partial charge in [0, 0.05) is 34.0 Å². The average Bonchev–Trinajstić information content (AvgIpc) is 3.07. The SMILES string of the molecule is O=S1c2ccccc2Cc2nc3c(nc21)N(c1ccccc1)c1nc2c(nc1N3c1ccccc1)Cc1ccccc1S2=O. The molecule has 0 radical (unpaired) electrons. The maximum Gasteiger partial charge on any atom is 0.184 e. The van der Waals surface area contributed by atoms with Crippen molar-refractivity contribution in [1.82, 2.24) is 19.9 Å². The Morgan fingerprint density at radius 3 is 1.25 bits per heavy atom. The van der Waals surface area contributed by atoms with Crippen LogP contribution in [-0.2, 0) is 34.4 Å². The summed E-state index contributed by atoms with van der Waals surface area (Å²) in [6, 6.07) is 35.1. The Balaban J connectivity index is 1.34. The summed E-state index contributed by atoms with van der Waals surface area (Å²) in [5, 5.41) is 0.867. The summed E-state index contributed by atoms with van der Waals surface area (Å²) in [5.41, 5.74) is 4.91. The molecule has 0 bridgehead atoms. The van der Waals surface area contributed by atoms with Crippen molar-refractivity contribution in [2.45, 2.75) is 32.7 Å². The lowest BCUT2D eigenvalue weighted by Gasteiger charge is -2.38. The number of nitrogens with zero attached hydrogens (tertiary/aromatic N) is 6. The zero-order valence-corrected chi connectivity index (χ0v) is 24.8. The van der Waals surface area contributed by atoms with Crippen LogP contribution in [0, 0.1) is 0 Å². The second-order valence-electron chi connectivity index (χ2n) is 10.7. The number of anilines is 6. The number of aromatic nitrogens is 4. The van der Waals surface area contributed by atoms with Gasteiger partial charge in [0.05, 0.1) is 11.4 Å². The summed E-state index contributed by atoms with van der Waals surface area (Å²) in [4.78, 5) is 26.0. The largest absolute Gasteiger partial charge is 0.273 e. The molecule has 5 heterocycles. The molecule has 2 unspecified atom stereocenters. The predicted molar refractivity (Wildman–Crippen MR) is 168 cm³/mol. The first-order valence-electron chi connectivity index (χ1n) is 14.2. The Bertz CT molecular complexity index is 2080. The zero-order valence-electron chi connectivity index (χ0n) is 23.1. The number of hydrogen-bond acceptors (Lipinski definition) is 8. The lowest BCUT2D eigenvalue weighted by molar-refractivity contribution is 0.672. The molecular formula is C34H22N6O2S2. The summed E-state index contributed by atoms with van der Waals surface area (Å²) in [5.74, 6) is 2.09. The van der Waals surface area contributed by atoms with E-state index in [0.29, 0.717) is 57.6 Å². The fourth-order valence-electron chi connectivity index (χ4n) is 6.07. The minimum absolute atomic E-state index is 0.434. The first-order valence-corrected chi connectivity index (χ1v) is 16.5. The molecule has 3 aliphatic rings. The Morgan fingerprint density at radius 2 is 0.818 bits per heavy atom. The number of para-hydroxylation sites is 2. The van der Waals surface area contributed by atoms with Gasteiger partial charge in [-0.3, -0.25) is 9.80 Å². The van der Waals surface area contributed by atoms with E-state index in [2.05, 4.69) is 0 Å². The second kappa shape index (κ2) is 9.73. The summed E-state index contributed by atoms with van der Waals surface area (Å²) >= 11 is 0. The van der Waals surface area contributed by atoms with Crippen LogP contribution in [0.25, 0.3) is 0 Å². The van der Waals surface area contributed by atoms with Crippen LogP contribution in [0.5, 0.6) is 0 Å². The average molecular weight is 611 g/mol. The van der Waals surface area contributed by atoms with Crippen molar-refractivity contribution in [1.29, 1.82) is 0 Å². The molecule has 3 aliphatic heterocycles. The summed E-state index contributed by atoms with van der Waals surface area (Å²) in [6.45, 7) is 0. The molecule has 0 fully saturated rings. The Morgan fingerprint density at radius 1 is 0.455 bits per heavy atom. The van der Waals surface area contributed by atoms with Crippen molar-refractivity contribution in [2.24, 2.45) is 0 Å². The molecule has 212 valence electrons. The van der Waals surface area contributed by atoms with Crippen LogP contribution in [0.2, 0.25) is 0 Å². The van der Waals surface area contributed by atoms with E-state index < -0.39 is 21.6 Å². The van der Waals surface area contributed by atoms with Gasteiger partial charge in [0.2, 0.25) is 0 Å². The van der Waals surface area contributed by atoms with Crippen molar-refractivity contribution in [3.05, 3.63) is 132 Å². The standard InChI is InChI=1S/C34H22N6O2S2/c41-43-27-17-9-7-11-21(27)19-25-33(43)37-31-29(35-25)39(23-13-3-1-4-14-23)30-32(40(31)24-15-5-2-6-16-24)38-34-26(36-30)20-22-12-8-10-18-28(22)44(34)42/h1-18H,19-20H2. The molecule has 0 aliphatic carbocycles. The van der Waals surface area contributed by atoms with Gasteiger partial charge in [-0.15, -0.1) is 0 Å². The van der Waals surface area contributed by atoms with Crippen LogP contribution in [0.4, 0.5) is 34.6 Å². The monoisotopic (exact) mass is 610 g/mol. The normalized spacial score (nSPS) is 17.5. The third-order valence-electron chi connectivity index (χ3n) is 8.08. The number of rotatable bonds is 2. The number of hydrogen-bond donors (Lipinski definition) is 0. The van der Waals surface area contributed by atoms with Crippen molar-refractivity contribution < 1.29 is 8.42 Å². The third-order valence-corrected chi connectivity index (χ3v) is 11.0. The van der Waals surface area contributed by atoms with Gasteiger partial charge in [-0.2, -0.15) is 0 Å². The van der Waals surface area contributed by atoms with Gasteiger partial charge in [-0.25, -0.2) is 28.4 Å². The molecule has 0 spiro atoms. The van der Waals surface area contributed by atoms with Crippen molar-refractivity contribution >= 4 is 56.2 Å². The van der Waals surface area contributed by atoms with E-state index in [-0.39, 0.29) is 0 Å². The molecule has 0 amide bonds. The minimum Gasteiger partial charge on any atom is -0.273 e. The third kappa shape index (κ3) is 3.74. The second-order valence-corrected chi connectivity index (χ2v) is 13.4. The first kappa shape index (κ1) is 25.4. The van der Waals surface area contributed by atoms with E-state index in [4.69, 9.17) is 19.9 Å². The van der Waals surface area contributed by atoms with E-state index in [0.717, 1.165) is 32.3 Å². The predicted octanol–water partition coefficient (Wildman–Crippen LogP) is 6.66. The minimum atomic E-state index is -1.51. The molecular weight excluding hydrogens is 589 g/mol. The van der Waals surface area contributed by atoms with Gasteiger partial charge in [0.1, 0.15) is 21.6 Å². The lowest BCUT2D eigenvalue weighted by atomic mass is 10.1. The van der Waals surface area contributed by atoms with Gasteiger partial charge in [0.25, 0.3) is 0 Å². The Hall–Kier alpha value is -5.06. The smallest absolute Gasteiger partial charge is 0.184 e. The van der Waals surface area contributed by atoms with Crippen LogP contribution in [0.3, 0.4) is 0 Å². The summed E-state index contributed by atoms with van der Waals surface area (Å²) in [7, 11) is -3.02. The van der Waals surface area contributed by atoms with E-state index in [1.807, 2.05) is 119 Å². The van der Waals surface area contributed by atoms with E-state index in [9.17, 15) is 8.42 Å². The fourth-order valence-corrected chi connectivity index (χ4v) is 8.65. The van der Waals surface area contributed by atoms with Crippen LogP contribution in [-0.4, -0.2) is 28.4 Å². The highest BCUT2D eigenvalue weighted by molar-refractivity contribution is 7.85. The topological polar surface area (TPSA) is 92.2 Å². The highest BCUT2D eigenvalue weighted by Gasteiger charge is 2.40. The van der Waals surface area contributed by atoms with Gasteiger partial charge < -0.3 is 0 Å². The summed E-state index contributed by atoms with van der Waals surface area (Å²) < 4.78 is 27.8. The first-order chi connectivity index (χ1) is 21.7. The summed E-state index contributed by atoms with van der Waals surface area (Å²) in [6.07, 6.45) is 1.04. The highest BCUT2D eigenvalue weighted by Crippen LogP contribution is 2.52. The van der Waals surface area contributed by atoms with Crippen molar-refractivity contribution in [3.63, 3.8) is 0 Å².